The number of aliphatic hydroxyl groups excluding tert-OH is 1. The van der Waals surface area contributed by atoms with Gasteiger partial charge in [-0.3, -0.25) is 4.90 Å². The summed E-state index contributed by atoms with van der Waals surface area (Å²) in [6, 6.07) is 17.0. The molecule has 1 aliphatic heterocycles. The number of benzene rings is 2. The summed E-state index contributed by atoms with van der Waals surface area (Å²) in [4.78, 5) is 2.53. The molecule has 2 aromatic rings. The SMILES string of the molecule is COc1cccc([C@H]2CCCN2Cc2ccc(OCCO)cc2)c1. The lowest BCUT2D eigenvalue weighted by Crippen LogP contribution is -2.22. The molecule has 2 aromatic carbocycles. The van der Waals surface area contributed by atoms with Crippen molar-refractivity contribution in [2.45, 2.75) is 25.4 Å². The molecule has 1 N–H and O–H groups in total. The molecule has 0 spiro atoms. The van der Waals surface area contributed by atoms with E-state index in [1.165, 1.54) is 24.0 Å². The summed E-state index contributed by atoms with van der Waals surface area (Å²) in [5, 5.41) is 8.81. The van der Waals surface area contributed by atoms with Gasteiger partial charge in [-0.25, -0.2) is 0 Å². The smallest absolute Gasteiger partial charge is 0.119 e. The number of aliphatic hydroxyl groups is 1. The van der Waals surface area contributed by atoms with Gasteiger partial charge >= 0.3 is 0 Å². The van der Waals surface area contributed by atoms with Gasteiger partial charge in [0.15, 0.2) is 0 Å². The summed E-state index contributed by atoms with van der Waals surface area (Å²) in [5.41, 5.74) is 2.61. The molecular weight excluding hydrogens is 302 g/mol. The average Bonchev–Trinajstić information content (AvgIpc) is 3.09. The molecule has 24 heavy (non-hydrogen) atoms. The van der Waals surface area contributed by atoms with Gasteiger partial charge in [0, 0.05) is 12.6 Å². The van der Waals surface area contributed by atoms with Crippen molar-refractivity contribution in [1.29, 1.82) is 0 Å². The number of likely N-dealkylation sites (tertiary alicyclic amines) is 1. The topological polar surface area (TPSA) is 41.9 Å². The first-order valence-corrected chi connectivity index (χ1v) is 8.51. The Balaban J connectivity index is 1.67. The Morgan fingerprint density at radius 2 is 1.96 bits per heavy atom. The van der Waals surface area contributed by atoms with Crippen molar-refractivity contribution < 1.29 is 14.6 Å². The van der Waals surface area contributed by atoms with Crippen LogP contribution in [-0.2, 0) is 6.54 Å². The molecule has 1 saturated heterocycles. The second kappa shape index (κ2) is 8.18. The van der Waals surface area contributed by atoms with Crippen LogP contribution in [0.5, 0.6) is 11.5 Å². The van der Waals surface area contributed by atoms with Crippen molar-refractivity contribution >= 4 is 0 Å². The van der Waals surface area contributed by atoms with Crippen molar-refractivity contribution in [3.8, 4) is 11.5 Å². The highest BCUT2D eigenvalue weighted by molar-refractivity contribution is 5.32. The summed E-state index contributed by atoms with van der Waals surface area (Å²) in [6.07, 6.45) is 2.41. The Bertz CT molecular complexity index is 642. The van der Waals surface area contributed by atoms with E-state index in [0.29, 0.717) is 12.6 Å². The van der Waals surface area contributed by atoms with Crippen LogP contribution in [0.2, 0.25) is 0 Å². The second-order valence-electron chi connectivity index (χ2n) is 6.12. The summed E-state index contributed by atoms with van der Waals surface area (Å²) >= 11 is 0. The van der Waals surface area contributed by atoms with Crippen LogP contribution < -0.4 is 9.47 Å². The van der Waals surface area contributed by atoms with Crippen molar-refractivity contribution in [2.24, 2.45) is 0 Å². The minimum atomic E-state index is 0.0394. The zero-order chi connectivity index (χ0) is 16.8. The van der Waals surface area contributed by atoms with E-state index in [0.717, 1.165) is 24.6 Å². The molecule has 1 aliphatic rings. The Morgan fingerprint density at radius 3 is 2.71 bits per heavy atom. The third-order valence-corrected chi connectivity index (χ3v) is 4.51. The molecule has 1 fully saturated rings. The highest BCUT2D eigenvalue weighted by atomic mass is 16.5. The molecule has 1 atom stereocenters. The highest BCUT2D eigenvalue weighted by Crippen LogP contribution is 2.34. The number of hydrogen-bond donors (Lipinski definition) is 1. The van der Waals surface area contributed by atoms with Crippen LogP contribution >= 0.6 is 0 Å². The molecule has 0 saturated carbocycles. The van der Waals surface area contributed by atoms with Gasteiger partial charge < -0.3 is 14.6 Å². The van der Waals surface area contributed by atoms with Gasteiger partial charge in [0.1, 0.15) is 18.1 Å². The lowest BCUT2D eigenvalue weighted by molar-refractivity contribution is 0.201. The van der Waals surface area contributed by atoms with E-state index in [-0.39, 0.29) is 6.61 Å². The lowest BCUT2D eigenvalue weighted by Gasteiger charge is -2.25. The molecule has 4 heteroatoms. The van der Waals surface area contributed by atoms with Crippen molar-refractivity contribution in [1.82, 2.24) is 4.90 Å². The maximum atomic E-state index is 8.81. The maximum Gasteiger partial charge on any atom is 0.119 e. The van der Waals surface area contributed by atoms with Gasteiger partial charge in [0.05, 0.1) is 13.7 Å². The van der Waals surface area contributed by atoms with E-state index >= 15 is 0 Å². The normalized spacial score (nSPS) is 17.8. The zero-order valence-electron chi connectivity index (χ0n) is 14.1. The molecule has 0 bridgehead atoms. The minimum absolute atomic E-state index is 0.0394. The molecule has 0 radical (unpaired) electrons. The van der Waals surface area contributed by atoms with Crippen LogP contribution in [0.1, 0.15) is 30.0 Å². The summed E-state index contributed by atoms with van der Waals surface area (Å²) in [7, 11) is 1.71. The Labute approximate surface area is 143 Å². The molecule has 128 valence electrons. The standard InChI is InChI=1S/C20H25NO3/c1-23-19-5-2-4-17(14-19)20-6-3-11-21(20)15-16-7-9-18(10-8-16)24-13-12-22/h2,4-5,7-10,14,20,22H,3,6,11-13,15H2,1H3/t20-/m1/s1. The third-order valence-electron chi connectivity index (χ3n) is 4.51. The predicted octanol–water partition coefficient (Wildman–Crippen LogP) is 3.40. The zero-order valence-corrected chi connectivity index (χ0v) is 14.1. The first-order valence-electron chi connectivity index (χ1n) is 8.51. The third kappa shape index (κ3) is 4.08. The van der Waals surface area contributed by atoms with Gasteiger partial charge in [-0.1, -0.05) is 24.3 Å². The van der Waals surface area contributed by atoms with Crippen LogP contribution in [0, 0.1) is 0 Å². The van der Waals surface area contributed by atoms with E-state index < -0.39 is 0 Å². The molecule has 0 aromatic heterocycles. The van der Waals surface area contributed by atoms with Gasteiger partial charge in [0.2, 0.25) is 0 Å². The number of rotatable bonds is 7. The van der Waals surface area contributed by atoms with Gasteiger partial charge in [-0.05, 0) is 54.8 Å². The van der Waals surface area contributed by atoms with Crippen LogP contribution in [0.4, 0.5) is 0 Å². The Kier molecular flexibility index (Phi) is 5.72. The summed E-state index contributed by atoms with van der Waals surface area (Å²) in [5.74, 6) is 1.73. The van der Waals surface area contributed by atoms with Gasteiger partial charge in [0.25, 0.3) is 0 Å². The van der Waals surface area contributed by atoms with Crippen LogP contribution in [0.3, 0.4) is 0 Å². The fourth-order valence-electron chi connectivity index (χ4n) is 3.33. The molecular formula is C20H25NO3. The number of nitrogens with zero attached hydrogens (tertiary/aromatic N) is 1. The van der Waals surface area contributed by atoms with Crippen LogP contribution in [0.15, 0.2) is 48.5 Å². The monoisotopic (exact) mass is 327 g/mol. The van der Waals surface area contributed by atoms with Crippen LogP contribution in [0.25, 0.3) is 0 Å². The number of hydrogen-bond acceptors (Lipinski definition) is 4. The Morgan fingerprint density at radius 1 is 1.12 bits per heavy atom. The first kappa shape index (κ1) is 16.8. The largest absolute Gasteiger partial charge is 0.497 e. The molecule has 0 unspecified atom stereocenters. The molecule has 3 rings (SSSR count). The fourth-order valence-corrected chi connectivity index (χ4v) is 3.33. The van der Waals surface area contributed by atoms with E-state index in [1.807, 2.05) is 18.2 Å². The molecule has 1 heterocycles. The van der Waals surface area contributed by atoms with Crippen LogP contribution in [-0.4, -0.2) is 36.9 Å². The van der Waals surface area contributed by atoms with Crippen molar-refractivity contribution in [3.05, 3.63) is 59.7 Å². The quantitative estimate of drug-likeness (QED) is 0.846. The lowest BCUT2D eigenvalue weighted by atomic mass is 10.0. The summed E-state index contributed by atoms with van der Waals surface area (Å²) < 4.78 is 10.8. The van der Waals surface area contributed by atoms with E-state index in [9.17, 15) is 0 Å². The van der Waals surface area contributed by atoms with E-state index in [2.05, 4.69) is 35.2 Å². The molecule has 4 nitrogen and oxygen atoms in total. The summed E-state index contributed by atoms with van der Waals surface area (Å²) in [6.45, 7) is 2.42. The second-order valence-corrected chi connectivity index (χ2v) is 6.12. The van der Waals surface area contributed by atoms with Crippen molar-refractivity contribution in [3.63, 3.8) is 0 Å². The predicted molar refractivity (Wildman–Crippen MR) is 94.4 cm³/mol. The number of methoxy groups -OCH3 is 1. The van der Waals surface area contributed by atoms with E-state index in [1.54, 1.807) is 7.11 Å². The first-order chi connectivity index (χ1) is 11.8. The highest BCUT2D eigenvalue weighted by Gasteiger charge is 2.26. The Hall–Kier alpha value is -2.04. The van der Waals surface area contributed by atoms with Gasteiger partial charge in [-0.15, -0.1) is 0 Å². The van der Waals surface area contributed by atoms with Crippen molar-refractivity contribution in [2.75, 3.05) is 26.9 Å². The average molecular weight is 327 g/mol. The fraction of sp³-hybridized carbons (Fsp3) is 0.400. The minimum Gasteiger partial charge on any atom is -0.497 e. The van der Waals surface area contributed by atoms with Gasteiger partial charge in [-0.2, -0.15) is 0 Å². The number of ether oxygens (including phenoxy) is 2. The molecule has 0 amide bonds. The van der Waals surface area contributed by atoms with E-state index in [4.69, 9.17) is 14.6 Å². The molecule has 0 aliphatic carbocycles. The maximum absolute atomic E-state index is 8.81.